The molecule has 6 nitrogen and oxygen atoms in total. The Morgan fingerprint density at radius 2 is 1.77 bits per heavy atom. The monoisotopic (exact) mass is 414 g/mol. The third kappa shape index (κ3) is 4.92. The predicted molar refractivity (Wildman–Crippen MR) is 109 cm³/mol. The maximum absolute atomic E-state index is 12.9. The van der Waals surface area contributed by atoms with Crippen LogP contribution in [-0.2, 0) is 11.2 Å². The Kier molecular flexibility index (Phi) is 6.63. The lowest BCUT2D eigenvalue weighted by Gasteiger charge is -2.32. The highest BCUT2D eigenvalue weighted by Gasteiger charge is 2.36. The van der Waals surface area contributed by atoms with Crippen LogP contribution in [0.15, 0.2) is 47.4 Å². The third-order valence-corrected chi connectivity index (χ3v) is 5.53. The van der Waals surface area contributed by atoms with E-state index >= 15 is 0 Å². The minimum absolute atomic E-state index is 0.292. The van der Waals surface area contributed by atoms with Gasteiger partial charge in [-0.25, -0.2) is 0 Å². The third-order valence-electron chi connectivity index (χ3n) is 5.53. The van der Waals surface area contributed by atoms with Gasteiger partial charge >= 0.3 is 6.55 Å². The van der Waals surface area contributed by atoms with Crippen molar-refractivity contribution in [2.75, 3.05) is 0 Å². The maximum atomic E-state index is 12.9. The number of nitrogens with zero attached hydrogens (tertiary/aromatic N) is 2. The number of alkyl halides is 2. The summed E-state index contributed by atoms with van der Waals surface area (Å²) in [7, 11) is 0. The molecule has 1 aromatic heterocycles. The Labute approximate surface area is 173 Å². The molecule has 0 bridgehead atoms. The molecule has 1 aliphatic rings. The lowest BCUT2D eigenvalue weighted by molar-refractivity contribution is -0.127. The number of halogens is 2. The fourth-order valence-corrected chi connectivity index (χ4v) is 3.74. The minimum Gasteiger partial charge on any atom is -0.338 e. The summed E-state index contributed by atoms with van der Waals surface area (Å²) < 4.78 is 26.2. The van der Waals surface area contributed by atoms with Crippen LogP contribution in [0.1, 0.15) is 44.2 Å². The highest BCUT2D eigenvalue weighted by atomic mass is 19.3. The Hall–Kier alpha value is -3.05. The molecule has 3 N–H and O–H groups in total. The quantitative estimate of drug-likeness (QED) is 0.758. The number of amides is 1. The number of carbonyl (C=O) groups excluding carboxylic acids is 1. The maximum Gasteiger partial charge on any atom is 0.321 e. The van der Waals surface area contributed by atoms with Crippen molar-refractivity contribution in [1.29, 1.82) is 5.26 Å². The highest BCUT2D eigenvalue weighted by Crippen LogP contribution is 2.26. The van der Waals surface area contributed by atoms with Crippen LogP contribution in [-0.4, -0.2) is 22.1 Å². The molecule has 0 radical (unpaired) electrons. The number of benzene rings is 1. The van der Waals surface area contributed by atoms with E-state index in [0.29, 0.717) is 35.0 Å². The number of carbonyl (C=O) groups is 1. The molecule has 30 heavy (non-hydrogen) atoms. The van der Waals surface area contributed by atoms with Gasteiger partial charge in [0, 0.05) is 18.7 Å². The first-order valence-corrected chi connectivity index (χ1v) is 9.91. The molecule has 1 amide bonds. The summed E-state index contributed by atoms with van der Waals surface area (Å²) in [5.41, 5.74) is 6.50. The fraction of sp³-hybridized carbons (Fsp3) is 0.409. The molecule has 1 atom stereocenters. The molecule has 3 rings (SSSR count). The molecule has 0 saturated heterocycles. The van der Waals surface area contributed by atoms with Crippen LogP contribution in [0.3, 0.4) is 0 Å². The van der Waals surface area contributed by atoms with Gasteiger partial charge in [-0.15, -0.1) is 0 Å². The first kappa shape index (κ1) is 21.7. The van der Waals surface area contributed by atoms with E-state index in [0.717, 1.165) is 37.1 Å². The van der Waals surface area contributed by atoms with Gasteiger partial charge in [-0.05, 0) is 35.6 Å². The lowest BCUT2D eigenvalue weighted by atomic mass is 9.81. The smallest absolute Gasteiger partial charge is 0.321 e. The van der Waals surface area contributed by atoms with Crippen LogP contribution in [0.4, 0.5) is 8.78 Å². The largest absolute Gasteiger partial charge is 0.338 e. The first-order chi connectivity index (χ1) is 14.3. The summed E-state index contributed by atoms with van der Waals surface area (Å²) in [5, 5.41) is 12.2. The SMILES string of the molecule is N#CC(Cc1ccc(-c2ccc(=O)n(C(F)F)c2)cc1)NC(=O)C1(N)CCCCC1. The number of nitrogens with two attached hydrogens (primary N) is 1. The summed E-state index contributed by atoms with van der Waals surface area (Å²) in [6.07, 6.45) is 5.53. The number of nitrogens with one attached hydrogen (secondary N) is 1. The van der Waals surface area contributed by atoms with Crippen molar-refractivity contribution in [2.24, 2.45) is 5.73 Å². The number of nitriles is 1. The molecule has 0 spiro atoms. The van der Waals surface area contributed by atoms with E-state index in [1.54, 1.807) is 24.3 Å². The van der Waals surface area contributed by atoms with Gasteiger partial charge in [0.25, 0.3) is 5.56 Å². The molecular formula is C22H24F2N4O2. The second-order valence-electron chi connectivity index (χ2n) is 7.71. The molecule has 1 aliphatic carbocycles. The van der Waals surface area contributed by atoms with Crippen LogP contribution < -0.4 is 16.6 Å². The van der Waals surface area contributed by atoms with Crippen LogP contribution >= 0.6 is 0 Å². The number of hydrogen-bond acceptors (Lipinski definition) is 4. The van der Waals surface area contributed by atoms with E-state index in [1.807, 2.05) is 0 Å². The molecule has 2 aromatic rings. The average molecular weight is 414 g/mol. The second kappa shape index (κ2) is 9.18. The van der Waals surface area contributed by atoms with Crippen molar-refractivity contribution < 1.29 is 13.6 Å². The van der Waals surface area contributed by atoms with E-state index in [1.165, 1.54) is 6.07 Å². The Morgan fingerprint density at radius 3 is 2.37 bits per heavy atom. The number of pyridine rings is 1. The van der Waals surface area contributed by atoms with Crippen molar-refractivity contribution in [3.8, 4) is 17.2 Å². The van der Waals surface area contributed by atoms with E-state index in [2.05, 4.69) is 11.4 Å². The lowest BCUT2D eigenvalue weighted by Crippen LogP contribution is -2.57. The van der Waals surface area contributed by atoms with Gasteiger partial charge < -0.3 is 11.1 Å². The second-order valence-corrected chi connectivity index (χ2v) is 7.71. The number of rotatable bonds is 6. The zero-order valence-corrected chi connectivity index (χ0v) is 16.5. The van der Waals surface area contributed by atoms with E-state index < -0.39 is 23.7 Å². The van der Waals surface area contributed by atoms with Crippen molar-refractivity contribution in [3.63, 3.8) is 0 Å². The molecule has 158 valence electrons. The highest BCUT2D eigenvalue weighted by molar-refractivity contribution is 5.86. The summed E-state index contributed by atoms with van der Waals surface area (Å²) in [4.78, 5) is 24.0. The topological polar surface area (TPSA) is 101 Å². The van der Waals surface area contributed by atoms with E-state index in [4.69, 9.17) is 5.73 Å². The molecule has 1 heterocycles. The van der Waals surface area contributed by atoms with E-state index in [-0.39, 0.29) is 5.91 Å². The van der Waals surface area contributed by atoms with Gasteiger partial charge in [0.2, 0.25) is 5.91 Å². The van der Waals surface area contributed by atoms with Gasteiger partial charge in [-0.3, -0.25) is 14.2 Å². The van der Waals surface area contributed by atoms with Crippen LogP contribution in [0.2, 0.25) is 0 Å². The van der Waals surface area contributed by atoms with Gasteiger partial charge in [0.05, 0.1) is 11.6 Å². The van der Waals surface area contributed by atoms with Gasteiger partial charge in [-0.2, -0.15) is 14.0 Å². The summed E-state index contributed by atoms with van der Waals surface area (Å²) in [6.45, 7) is -2.91. The Morgan fingerprint density at radius 1 is 1.13 bits per heavy atom. The Balaban J connectivity index is 1.68. The zero-order chi connectivity index (χ0) is 21.7. The van der Waals surface area contributed by atoms with Crippen molar-refractivity contribution >= 4 is 5.91 Å². The normalized spacial score (nSPS) is 16.6. The molecule has 1 aromatic carbocycles. The summed E-state index contributed by atoms with van der Waals surface area (Å²) >= 11 is 0. The summed E-state index contributed by atoms with van der Waals surface area (Å²) in [6, 6.07) is 11.0. The standard InChI is InChI=1S/C22H24F2N4O2/c23-21(24)28-14-17(8-9-19(28)29)16-6-4-15(5-7-16)12-18(13-25)27-20(30)22(26)10-2-1-3-11-22/h4-9,14,18,21H,1-3,10-12,26H2,(H,27,30). The predicted octanol–water partition coefficient (Wildman–Crippen LogP) is 3.12. The van der Waals surface area contributed by atoms with Gasteiger partial charge in [-0.1, -0.05) is 43.5 Å². The number of hydrogen-bond donors (Lipinski definition) is 2. The van der Waals surface area contributed by atoms with Crippen LogP contribution in [0.25, 0.3) is 11.1 Å². The molecular weight excluding hydrogens is 390 g/mol. The zero-order valence-electron chi connectivity index (χ0n) is 16.5. The summed E-state index contributed by atoms with van der Waals surface area (Å²) in [5.74, 6) is -0.292. The van der Waals surface area contributed by atoms with Crippen molar-refractivity contribution in [1.82, 2.24) is 9.88 Å². The van der Waals surface area contributed by atoms with Crippen LogP contribution in [0, 0.1) is 11.3 Å². The molecule has 1 saturated carbocycles. The molecule has 1 fully saturated rings. The van der Waals surface area contributed by atoms with Gasteiger partial charge in [0.1, 0.15) is 6.04 Å². The van der Waals surface area contributed by atoms with Crippen molar-refractivity contribution in [2.45, 2.75) is 56.7 Å². The van der Waals surface area contributed by atoms with Gasteiger partial charge in [0.15, 0.2) is 0 Å². The van der Waals surface area contributed by atoms with Crippen LogP contribution in [0.5, 0.6) is 0 Å². The van der Waals surface area contributed by atoms with Crippen molar-refractivity contribution in [3.05, 3.63) is 58.5 Å². The molecule has 0 aliphatic heterocycles. The fourth-order valence-electron chi connectivity index (χ4n) is 3.74. The van der Waals surface area contributed by atoms with E-state index in [9.17, 15) is 23.6 Å². The Bertz CT molecular complexity index is 989. The molecule has 1 unspecified atom stereocenters. The average Bonchev–Trinajstić information content (AvgIpc) is 2.74. The molecule has 8 heteroatoms. The first-order valence-electron chi connectivity index (χ1n) is 9.91. The number of aromatic nitrogens is 1. The minimum atomic E-state index is -2.91.